The first-order valence-electron chi connectivity index (χ1n) is 4.36. The average molecular weight is 256 g/mol. The molecule has 0 saturated heterocycles. The van der Waals surface area contributed by atoms with Crippen LogP contribution in [-0.4, -0.2) is 33.5 Å². The Morgan fingerprint density at radius 1 is 1.47 bits per heavy atom. The lowest BCUT2D eigenvalue weighted by Gasteiger charge is -1.96. The number of nitrogens with one attached hydrogen (secondary N) is 1. The molecule has 3 N–H and O–H groups in total. The summed E-state index contributed by atoms with van der Waals surface area (Å²) in [6, 6.07) is 0. The summed E-state index contributed by atoms with van der Waals surface area (Å²) in [5.74, 6) is -2.40. The second-order valence-electron chi connectivity index (χ2n) is 2.82. The minimum absolute atomic E-state index is 0.119. The van der Waals surface area contributed by atoms with Gasteiger partial charge in [0.05, 0.1) is 17.7 Å². The van der Waals surface area contributed by atoms with Gasteiger partial charge in [0.15, 0.2) is 5.13 Å². The maximum absolute atomic E-state index is 10.9. The second kappa shape index (κ2) is 5.75. The number of hydrogen-bond donors (Lipinski definition) is 3. The fraction of sp³-hybridized carbons (Fsp3) is 0.111. The van der Waals surface area contributed by atoms with Crippen LogP contribution >= 0.6 is 11.3 Å². The predicted molar refractivity (Wildman–Crippen MR) is 59.7 cm³/mol. The van der Waals surface area contributed by atoms with Crippen LogP contribution in [0.1, 0.15) is 12.1 Å². The quantitative estimate of drug-likeness (QED) is 0.508. The summed E-state index contributed by atoms with van der Waals surface area (Å²) in [6.07, 6.45) is 1.07. The molecule has 0 atom stereocenters. The lowest BCUT2D eigenvalue weighted by molar-refractivity contribution is -0.136. The lowest BCUT2D eigenvalue weighted by atomic mass is 10.2. The van der Waals surface area contributed by atoms with Crippen LogP contribution in [0.5, 0.6) is 0 Å². The van der Waals surface area contributed by atoms with E-state index in [0.717, 1.165) is 17.4 Å². The zero-order valence-electron chi connectivity index (χ0n) is 8.41. The van der Waals surface area contributed by atoms with Crippen molar-refractivity contribution in [1.82, 2.24) is 4.98 Å². The molecule has 90 valence electrons. The predicted octanol–water partition coefficient (Wildman–Crippen LogP) is 0.654. The van der Waals surface area contributed by atoms with Crippen molar-refractivity contribution in [2.75, 3.05) is 5.32 Å². The maximum Gasteiger partial charge on any atom is 0.337 e. The highest BCUT2D eigenvalue weighted by molar-refractivity contribution is 7.14. The molecule has 7 nitrogen and oxygen atoms in total. The highest BCUT2D eigenvalue weighted by Gasteiger charge is 2.14. The molecule has 0 aliphatic rings. The van der Waals surface area contributed by atoms with Crippen LogP contribution in [0.15, 0.2) is 11.5 Å². The molecule has 1 heterocycles. The van der Waals surface area contributed by atoms with Gasteiger partial charge >= 0.3 is 11.9 Å². The first-order chi connectivity index (χ1) is 8.04. The summed E-state index contributed by atoms with van der Waals surface area (Å²) in [7, 11) is 0. The summed E-state index contributed by atoms with van der Waals surface area (Å²) in [5, 5.41) is 21.3. The van der Waals surface area contributed by atoms with E-state index < -0.39 is 18.4 Å². The van der Waals surface area contributed by atoms with Crippen molar-refractivity contribution in [3.8, 4) is 0 Å². The van der Waals surface area contributed by atoms with Crippen LogP contribution in [0.25, 0.3) is 5.57 Å². The highest BCUT2D eigenvalue weighted by atomic mass is 32.1. The molecule has 0 saturated carbocycles. The summed E-state index contributed by atoms with van der Waals surface area (Å²) < 4.78 is 0. The number of amides is 1. The van der Waals surface area contributed by atoms with Gasteiger partial charge in [-0.3, -0.25) is 9.59 Å². The molecule has 0 aliphatic heterocycles. The molecule has 0 fully saturated rings. The Kier molecular flexibility index (Phi) is 4.35. The van der Waals surface area contributed by atoms with Crippen molar-refractivity contribution in [3.05, 3.63) is 17.2 Å². The van der Waals surface area contributed by atoms with Crippen LogP contribution in [-0.2, 0) is 14.4 Å². The van der Waals surface area contributed by atoms with E-state index in [0.29, 0.717) is 6.41 Å². The fourth-order valence-corrected chi connectivity index (χ4v) is 1.68. The summed E-state index contributed by atoms with van der Waals surface area (Å²) in [5.41, 5.74) is -0.0873. The number of carboxylic acids is 2. The molecule has 1 rings (SSSR count). The van der Waals surface area contributed by atoms with Crippen molar-refractivity contribution in [1.29, 1.82) is 0 Å². The average Bonchev–Trinajstić information content (AvgIpc) is 2.66. The molecule has 0 spiro atoms. The number of carboxylic acid groups (broad SMARTS) is 2. The molecule has 0 radical (unpaired) electrons. The molecular weight excluding hydrogens is 248 g/mol. The normalized spacial score (nSPS) is 10.9. The fourth-order valence-electron chi connectivity index (χ4n) is 1.00. The Labute approximate surface area is 99.4 Å². The minimum Gasteiger partial charge on any atom is -0.481 e. The van der Waals surface area contributed by atoms with E-state index in [1.807, 2.05) is 0 Å². The molecule has 0 aliphatic carbocycles. The smallest absolute Gasteiger partial charge is 0.337 e. The summed E-state index contributed by atoms with van der Waals surface area (Å²) in [6.45, 7) is 0. The topological polar surface area (TPSA) is 117 Å². The zero-order valence-corrected chi connectivity index (χ0v) is 9.23. The Hall–Kier alpha value is -2.22. The number of aromatic nitrogens is 1. The van der Waals surface area contributed by atoms with Crippen molar-refractivity contribution < 1.29 is 24.6 Å². The second-order valence-corrected chi connectivity index (χ2v) is 3.68. The molecule has 1 aromatic rings. The number of aliphatic carboxylic acids is 2. The highest BCUT2D eigenvalue weighted by Crippen LogP contribution is 2.21. The standard InChI is InChI=1S/C9H8N2O5S/c12-4-10-9-11-6(3-17-9)5(8(15)16)1-2-7(13)14/h1,3-4H,2H2,(H,13,14)(H,15,16)(H,10,11,12)/b5-1-. The molecule has 1 amide bonds. The third kappa shape index (κ3) is 3.68. The van der Waals surface area contributed by atoms with Crippen molar-refractivity contribution in [2.45, 2.75) is 6.42 Å². The Balaban J connectivity index is 2.97. The van der Waals surface area contributed by atoms with Crippen molar-refractivity contribution in [2.24, 2.45) is 0 Å². The molecule has 0 unspecified atom stereocenters. The number of rotatable bonds is 6. The third-order valence-corrected chi connectivity index (χ3v) is 2.45. The van der Waals surface area contributed by atoms with Gasteiger partial charge in [-0.25, -0.2) is 9.78 Å². The summed E-state index contributed by atoms with van der Waals surface area (Å²) >= 11 is 1.05. The van der Waals surface area contributed by atoms with Crippen molar-refractivity contribution in [3.63, 3.8) is 0 Å². The SMILES string of the molecule is O=CNc1nc(/C(=C/CC(=O)O)C(=O)O)cs1. The van der Waals surface area contributed by atoms with E-state index >= 15 is 0 Å². The number of nitrogens with zero attached hydrogens (tertiary/aromatic N) is 1. The van der Waals surface area contributed by atoms with Gasteiger partial charge in [0, 0.05) is 5.38 Å². The molecule has 1 aromatic heterocycles. The lowest BCUT2D eigenvalue weighted by Crippen LogP contribution is -2.02. The van der Waals surface area contributed by atoms with E-state index in [1.165, 1.54) is 5.38 Å². The van der Waals surface area contributed by atoms with Crippen LogP contribution in [0.3, 0.4) is 0 Å². The Morgan fingerprint density at radius 3 is 2.71 bits per heavy atom. The van der Waals surface area contributed by atoms with Gasteiger partial charge in [-0.1, -0.05) is 6.08 Å². The Morgan fingerprint density at radius 2 is 2.18 bits per heavy atom. The molecule has 0 aromatic carbocycles. The van der Waals surface area contributed by atoms with Gasteiger partial charge in [0.25, 0.3) is 0 Å². The van der Waals surface area contributed by atoms with Gasteiger partial charge in [0.1, 0.15) is 0 Å². The first kappa shape index (κ1) is 12.8. The van der Waals surface area contributed by atoms with Crippen LogP contribution < -0.4 is 5.32 Å². The summed E-state index contributed by atoms with van der Waals surface area (Å²) in [4.78, 5) is 35.2. The van der Waals surface area contributed by atoms with E-state index in [9.17, 15) is 14.4 Å². The number of anilines is 1. The third-order valence-electron chi connectivity index (χ3n) is 1.67. The first-order valence-corrected chi connectivity index (χ1v) is 5.24. The number of hydrogen-bond acceptors (Lipinski definition) is 5. The largest absolute Gasteiger partial charge is 0.481 e. The Bertz CT molecular complexity index is 479. The van der Waals surface area contributed by atoms with Gasteiger partial charge in [0.2, 0.25) is 6.41 Å². The van der Waals surface area contributed by atoms with Gasteiger partial charge in [-0.15, -0.1) is 11.3 Å². The zero-order chi connectivity index (χ0) is 12.8. The van der Waals surface area contributed by atoms with E-state index in [4.69, 9.17) is 10.2 Å². The maximum atomic E-state index is 10.9. The van der Waals surface area contributed by atoms with E-state index in [2.05, 4.69) is 10.3 Å². The van der Waals surface area contributed by atoms with Crippen LogP contribution in [0.4, 0.5) is 5.13 Å². The minimum atomic E-state index is -1.27. The van der Waals surface area contributed by atoms with Crippen LogP contribution in [0, 0.1) is 0 Å². The monoisotopic (exact) mass is 256 g/mol. The van der Waals surface area contributed by atoms with Gasteiger partial charge in [-0.2, -0.15) is 0 Å². The number of carbonyl (C=O) groups excluding carboxylic acids is 1. The number of thiazole rings is 1. The van der Waals surface area contributed by atoms with E-state index in [-0.39, 0.29) is 16.4 Å². The van der Waals surface area contributed by atoms with Crippen molar-refractivity contribution >= 4 is 40.4 Å². The van der Waals surface area contributed by atoms with E-state index in [1.54, 1.807) is 0 Å². The molecule has 0 bridgehead atoms. The molecular formula is C9H8N2O5S. The van der Waals surface area contributed by atoms with Gasteiger partial charge < -0.3 is 15.5 Å². The van der Waals surface area contributed by atoms with Gasteiger partial charge in [-0.05, 0) is 0 Å². The van der Waals surface area contributed by atoms with Crippen LogP contribution in [0.2, 0.25) is 0 Å². The molecule has 17 heavy (non-hydrogen) atoms. The molecule has 8 heteroatoms. The number of carbonyl (C=O) groups is 3.